The first-order valence-electron chi connectivity index (χ1n) is 6.34. The highest BCUT2D eigenvalue weighted by molar-refractivity contribution is 6.31. The van der Waals surface area contributed by atoms with Crippen molar-refractivity contribution in [2.24, 2.45) is 5.73 Å². The topological polar surface area (TPSA) is 55.1 Å². The van der Waals surface area contributed by atoms with E-state index in [9.17, 15) is 4.79 Å². The number of hydrogen-bond acceptors (Lipinski definition) is 2. The van der Waals surface area contributed by atoms with Gasteiger partial charge in [-0.05, 0) is 31.4 Å². The van der Waals surface area contributed by atoms with Crippen LogP contribution in [0.2, 0.25) is 5.02 Å². The van der Waals surface area contributed by atoms with Crippen molar-refractivity contribution in [3.8, 4) is 0 Å². The Bertz CT molecular complexity index is 395. The molecule has 2 unspecified atom stereocenters. The summed E-state index contributed by atoms with van der Waals surface area (Å²) in [6.45, 7) is 3.97. The zero-order valence-corrected chi connectivity index (χ0v) is 11.7. The third-order valence-corrected chi connectivity index (χ3v) is 3.18. The molecule has 0 aromatic heterocycles. The van der Waals surface area contributed by atoms with Crippen LogP contribution in [0.1, 0.15) is 32.3 Å². The van der Waals surface area contributed by atoms with Gasteiger partial charge >= 0.3 is 0 Å². The van der Waals surface area contributed by atoms with Gasteiger partial charge in [-0.15, -0.1) is 0 Å². The van der Waals surface area contributed by atoms with E-state index in [0.29, 0.717) is 12.8 Å². The average Bonchev–Trinajstić information content (AvgIpc) is 2.32. The summed E-state index contributed by atoms with van der Waals surface area (Å²) in [5, 5.41) is 3.65. The summed E-state index contributed by atoms with van der Waals surface area (Å²) in [5.74, 6) is -0.0867. The van der Waals surface area contributed by atoms with Crippen molar-refractivity contribution in [3.63, 3.8) is 0 Å². The molecule has 1 amide bonds. The standard InChI is InChI=1S/C14H21ClN2O/c1-3-6-13(16)14(18)17-10(2)9-11-7-4-5-8-12(11)15/h4-5,7-8,10,13H,3,6,9,16H2,1-2H3,(H,17,18). The van der Waals surface area contributed by atoms with Crippen LogP contribution in [-0.2, 0) is 11.2 Å². The number of benzene rings is 1. The molecular formula is C14H21ClN2O. The Morgan fingerprint density at radius 2 is 2.11 bits per heavy atom. The molecule has 0 aliphatic carbocycles. The fraction of sp³-hybridized carbons (Fsp3) is 0.500. The van der Waals surface area contributed by atoms with Crippen LogP contribution in [0.4, 0.5) is 0 Å². The molecule has 1 rings (SSSR count). The minimum Gasteiger partial charge on any atom is -0.352 e. The number of carbonyl (C=O) groups excluding carboxylic acids is 1. The summed E-state index contributed by atoms with van der Waals surface area (Å²) in [5.41, 5.74) is 6.80. The first-order valence-corrected chi connectivity index (χ1v) is 6.71. The Kier molecular flexibility index (Phi) is 6.16. The van der Waals surface area contributed by atoms with Crippen molar-refractivity contribution < 1.29 is 4.79 Å². The molecule has 3 N–H and O–H groups in total. The minimum absolute atomic E-state index is 0.0281. The number of halogens is 1. The summed E-state index contributed by atoms with van der Waals surface area (Å²) >= 11 is 6.08. The van der Waals surface area contributed by atoms with Crippen molar-refractivity contribution in [2.45, 2.75) is 45.2 Å². The molecule has 0 saturated heterocycles. The quantitative estimate of drug-likeness (QED) is 0.833. The SMILES string of the molecule is CCCC(N)C(=O)NC(C)Cc1ccccc1Cl. The van der Waals surface area contributed by atoms with Gasteiger partial charge in [0, 0.05) is 11.1 Å². The normalized spacial score (nSPS) is 14.0. The molecule has 3 nitrogen and oxygen atoms in total. The molecule has 0 aliphatic rings. The Hall–Kier alpha value is -1.06. The van der Waals surface area contributed by atoms with Crippen LogP contribution < -0.4 is 11.1 Å². The molecule has 0 fully saturated rings. The van der Waals surface area contributed by atoms with E-state index >= 15 is 0 Å². The van der Waals surface area contributed by atoms with Gasteiger partial charge < -0.3 is 11.1 Å². The van der Waals surface area contributed by atoms with Crippen molar-refractivity contribution in [2.75, 3.05) is 0 Å². The second-order valence-electron chi connectivity index (χ2n) is 4.60. The zero-order chi connectivity index (χ0) is 13.5. The molecule has 4 heteroatoms. The Labute approximate surface area is 114 Å². The van der Waals surface area contributed by atoms with Gasteiger partial charge in [0.15, 0.2) is 0 Å². The molecule has 1 aromatic rings. The molecule has 18 heavy (non-hydrogen) atoms. The van der Waals surface area contributed by atoms with Crippen LogP contribution in [0.5, 0.6) is 0 Å². The highest BCUT2D eigenvalue weighted by atomic mass is 35.5. The van der Waals surface area contributed by atoms with Crippen LogP contribution in [0.15, 0.2) is 24.3 Å². The summed E-state index contributed by atoms with van der Waals surface area (Å²) in [7, 11) is 0. The van der Waals surface area contributed by atoms with E-state index in [1.807, 2.05) is 38.1 Å². The van der Waals surface area contributed by atoms with E-state index in [4.69, 9.17) is 17.3 Å². The number of hydrogen-bond donors (Lipinski definition) is 2. The monoisotopic (exact) mass is 268 g/mol. The van der Waals surface area contributed by atoms with E-state index in [-0.39, 0.29) is 11.9 Å². The number of amides is 1. The van der Waals surface area contributed by atoms with Crippen LogP contribution in [0.3, 0.4) is 0 Å². The van der Waals surface area contributed by atoms with Gasteiger partial charge in [0.1, 0.15) is 0 Å². The molecule has 0 heterocycles. The molecule has 0 saturated carbocycles. The van der Waals surface area contributed by atoms with Gasteiger partial charge in [-0.25, -0.2) is 0 Å². The molecule has 0 radical (unpaired) electrons. The van der Waals surface area contributed by atoms with E-state index in [0.717, 1.165) is 17.0 Å². The van der Waals surface area contributed by atoms with Gasteiger partial charge in [-0.1, -0.05) is 43.1 Å². The Morgan fingerprint density at radius 3 is 2.72 bits per heavy atom. The maximum atomic E-state index is 11.7. The third kappa shape index (κ3) is 4.67. The zero-order valence-electron chi connectivity index (χ0n) is 10.9. The van der Waals surface area contributed by atoms with Gasteiger partial charge in [-0.3, -0.25) is 4.79 Å². The smallest absolute Gasteiger partial charge is 0.237 e. The number of carbonyl (C=O) groups is 1. The maximum Gasteiger partial charge on any atom is 0.237 e. The highest BCUT2D eigenvalue weighted by Crippen LogP contribution is 2.16. The molecule has 0 spiro atoms. The van der Waals surface area contributed by atoms with Gasteiger partial charge in [0.05, 0.1) is 6.04 Å². The van der Waals surface area contributed by atoms with E-state index in [2.05, 4.69) is 5.32 Å². The second-order valence-corrected chi connectivity index (χ2v) is 5.01. The van der Waals surface area contributed by atoms with E-state index < -0.39 is 6.04 Å². The van der Waals surface area contributed by atoms with E-state index in [1.165, 1.54) is 0 Å². The molecule has 1 aromatic carbocycles. The molecule has 0 aliphatic heterocycles. The van der Waals surface area contributed by atoms with Crippen LogP contribution >= 0.6 is 11.6 Å². The summed E-state index contributed by atoms with van der Waals surface area (Å²) in [6, 6.07) is 7.28. The highest BCUT2D eigenvalue weighted by Gasteiger charge is 2.15. The van der Waals surface area contributed by atoms with E-state index in [1.54, 1.807) is 0 Å². The lowest BCUT2D eigenvalue weighted by Gasteiger charge is -2.17. The molecular weight excluding hydrogens is 248 g/mol. The van der Waals surface area contributed by atoms with Gasteiger partial charge in [-0.2, -0.15) is 0 Å². The van der Waals surface area contributed by atoms with Crippen LogP contribution in [0, 0.1) is 0 Å². The minimum atomic E-state index is -0.413. The second kappa shape index (κ2) is 7.39. The fourth-order valence-electron chi connectivity index (χ4n) is 1.84. The number of rotatable bonds is 6. The average molecular weight is 269 g/mol. The predicted octanol–water partition coefficient (Wildman–Crippen LogP) is 2.51. The molecule has 0 bridgehead atoms. The van der Waals surface area contributed by atoms with Gasteiger partial charge in [0.25, 0.3) is 0 Å². The largest absolute Gasteiger partial charge is 0.352 e. The molecule has 2 atom stereocenters. The first kappa shape index (κ1) is 15.0. The van der Waals surface area contributed by atoms with Crippen LogP contribution in [0.25, 0.3) is 0 Å². The summed E-state index contributed by atoms with van der Waals surface area (Å²) in [4.78, 5) is 11.7. The van der Waals surface area contributed by atoms with Crippen LogP contribution in [-0.4, -0.2) is 18.0 Å². The predicted molar refractivity (Wildman–Crippen MR) is 75.6 cm³/mol. The van der Waals surface area contributed by atoms with Crippen molar-refractivity contribution in [1.29, 1.82) is 0 Å². The maximum absolute atomic E-state index is 11.7. The van der Waals surface area contributed by atoms with Crippen molar-refractivity contribution >= 4 is 17.5 Å². The van der Waals surface area contributed by atoms with Crippen molar-refractivity contribution in [1.82, 2.24) is 5.32 Å². The summed E-state index contributed by atoms with van der Waals surface area (Å²) < 4.78 is 0. The molecule has 100 valence electrons. The lowest BCUT2D eigenvalue weighted by atomic mass is 10.1. The lowest BCUT2D eigenvalue weighted by molar-refractivity contribution is -0.123. The van der Waals surface area contributed by atoms with Gasteiger partial charge in [0.2, 0.25) is 5.91 Å². The summed E-state index contributed by atoms with van der Waals surface area (Å²) in [6.07, 6.45) is 2.34. The Balaban J connectivity index is 2.49. The third-order valence-electron chi connectivity index (χ3n) is 2.81. The number of nitrogens with one attached hydrogen (secondary N) is 1. The fourth-order valence-corrected chi connectivity index (χ4v) is 2.05. The lowest BCUT2D eigenvalue weighted by Crippen LogP contribution is -2.45. The first-order chi connectivity index (χ1) is 8.54. The number of nitrogens with two attached hydrogens (primary N) is 1. The Morgan fingerprint density at radius 1 is 1.44 bits per heavy atom. The van der Waals surface area contributed by atoms with Crippen molar-refractivity contribution in [3.05, 3.63) is 34.9 Å².